The van der Waals surface area contributed by atoms with E-state index < -0.39 is 4.92 Å². The Bertz CT molecular complexity index is 418. The highest BCUT2D eigenvalue weighted by atomic mass is 16.6. The van der Waals surface area contributed by atoms with E-state index in [9.17, 15) is 14.9 Å². The fourth-order valence-corrected chi connectivity index (χ4v) is 1.31. The second-order valence-electron chi connectivity index (χ2n) is 3.10. The monoisotopic (exact) mass is 223 g/mol. The van der Waals surface area contributed by atoms with Crippen LogP contribution in [-0.2, 0) is 0 Å². The van der Waals surface area contributed by atoms with Crippen molar-refractivity contribution in [2.24, 2.45) is 0 Å². The minimum Gasteiger partial charge on any atom is -0.380 e. The smallest absolute Gasteiger partial charge is 0.292 e. The van der Waals surface area contributed by atoms with Gasteiger partial charge in [-0.1, -0.05) is 0 Å². The molecule has 6 heteroatoms. The van der Waals surface area contributed by atoms with Crippen molar-refractivity contribution in [1.29, 1.82) is 0 Å². The third-order valence-electron chi connectivity index (χ3n) is 2.05. The Morgan fingerprint density at radius 2 is 2.19 bits per heavy atom. The van der Waals surface area contributed by atoms with Gasteiger partial charge in [-0.3, -0.25) is 14.9 Å². The van der Waals surface area contributed by atoms with Crippen molar-refractivity contribution in [3.05, 3.63) is 33.9 Å². The first-order chi connectivity index (χ1) is 7.60. The lowest BCUT2D eigenvalue weighted by Crippen LogP contribution is -2.18. The molecule has 0 saturated carbocycles. The zero-order valence-corrected chi connectivity index (χ0v) is 9.11. The van der Waals surface area contributed by atoms with Crippen molar-refractivity contribution in [1.82, 2.24) is 5.32 Å². The predicted octanol–water partition coefficient (Wildman–Crippen LogP) is 1.39. The number of anilines is 1. The summed E-state index contributed by atoms with van der Waals surface area (Å²) in [5.41, 5.74) is 0.715. The molecule has 0 bridgehead atoms. The van der Waals surface area contributed by atoms with E-state index >= 15 is 0 Å². The van der Waals surface area contributed by atoms with Crippen molar-refractivity contribution < 1.29 is 9.72 Å². The lowest BCUT2D eigenvalue weighted by Gasteiger charge is -2.06. The molecule has 1 aromatic rings. The molecule has 1 amide bonds. The highest BCUT2D eigenvalue weighted by Crippen LogP contribution is 2.25. The van der Waals surface area contributed by atoms with Gasteiger partial charge in [0.2, 0.25) is 0 Å². The van der Waals surface area contributed by atoms with E-state index in [1.165, 1.54) is 25.2 Å². The summed E-state index contributed by atoms with van der Waals surface area (Å²) in [5, 5.41) is 16.0. The van der Waals surface area contributed by atoms with Crippen molar-refractivity contribution in [2.75, 3.05) is 18.9 Å². The number of nitro groups is 1. The number of benzene rings is 1. The maximum atomic E-state index is 11.3. The molecule has 0 aliphatic rings. The molecule has 0 saturated heterocycles. The summed E-state index contributed by atoms with van der Waals surface area (Å²) in [4.78, 5) is 21.6. The number of rotatable bonds is 4. The third kappa shape index (κ3) is 2.47. The van der Waals surface area contributed by atoms with E-state index in [4.69, 9.17) is 0 Å². The van der Waals surface area contributed by atoms with E-state index in [1.54, 1.807) is 0 Å². The zero-order chi connectivity index (χ0) is 12.1. The molecule has 1 rings (SSSR count). The van der Waals surface area contributed by atoms with E-state index in [-0.39, 0.29) is 11.6 Å². The normalized spacial score (nSPS) is 9.62. The van der Waals surface area contributed by atoms with Crippen LogP contribution in [0.1, 0.15) is 17.3 Å². The highest BCUT2D eigenvalue weighted by molar-refractivity contribution is 5.95. The maximum Gasteiger partial charge on any atom is 0.292 e. The minimum atomic E-state index is -0.481. The number of hydrogen-bond acceptors (Lipinski definition) is 4. The molecule has 1 aromatic carbocycles. The summed E-state index contributed by atoms with van der Waals surface area (Å²) in [6, 6.07) is 4.22. The SMILES string of the molecule is CCNc1cc(C(=O)NC)ccc1[N+](=O)[O-]. The molecule has 0 unspecified atom stereocenters. The summed E-state index contributed by atoms with van der Waals surface area (Å²) in [6.45, 7) is 2.38. The summed E-state index contributed by atoms with van der Waals surface area (Å²) in [6.07, 6.45) is 0. The topological polar surface area (TPSA) is 84.3 Å². The Hall–Kier alpha value is -2.11. The van der Waals surface area contributed by atoms with Gasteiger partial charge >= 0.3 is 0 Å². The van der Waals surface area contributed by atoms with Gasteiger partial charge in [0.25, 0.3) is 11.6 Å². The Morgan fingerprint density at radius 1 is 1.50 bits per heavy atom. The van der Waals surface area contributed by atoms with Gasteiger partial charge in [-0.15, -0.1) is 0 Å². The molecule has 0 atom stereocenters. The molecule has 0 heterocycles. The fraction of sp³-hybridized carbons (Fsp3) is 0.300. The van der Waals surface area contributed by atoms with Gasteiger partial charge in [-0.25, -0.2) is 0 Å². The number of hydrogen-bond donors (Lipinski definition) is 2. The van der Waals surface area contributed by atoms with E-state index in [1.807, 2.05) is 6.92 Å². The summed E-state index contributed by atoms with van der Waals surface area (Å²) in [5.74, 6) is -0.269. The van der Waals surface area contributed by atoms with Crippen LogP contribution >= 0.6 is 0 Å². The molecule has 0 spiro atoms. The summed E-state index contributed by atoms with van der Waals surface area (Å²) < 4.78 is 0. The van der Waals surface area contributed by atoms with Gasteiger partial charge in [-0.05, 0) is 19.1 Å². The van der Waals surface area contributed by atoms with Crippen LogP contribution in [0.5, 0.6) is 0 Å². The van der Waals surface area contributed by atoms with E-state index in [0.29, 0.717) is 17.8 Å². The summed E-state index contributed by atoms with van der Waals surface area (Å²) >= 11 is 0. The molecular formula is C10H13N3O3. The Kier molecular flexibility index (Phi) is 3.82. The molecule has 0 radical (unpaired) electrons. The largest absolute Gasteiger partial charge is 0.380 e. The maximum absolute atomic E-state index is 11.3. The quantitative estimate of drug-likeness (QED) is 0.596. The van der Waals surface area contributed by atoms with Gasteiger partial charge in [0.15, 0.2) is 0 Å². The number of nitro benzene ring substituents is 1. The van der Waals surface area contributed by atoms with Crippen LogP contribution in [0.2, 0.25) is 0 Å². The van der Waals surface area contributed by atoms with E-state index in [2.05, 4.69) is 10.6 Å². The van der Waals surface area contributed by atoms with Crippen molar-refractivity contribution in [2.45, 2.75) is 6.92 Å². The summed E-state index contributed by atoms with van der Waals surface area (Å²) in [7, 11) is 1.51. The lowest BCUT2D eigenvalue weighted by atomic mass is 10.1. The van der Waals surface area contributed by atoms with Crippen molar-refractivity contribution in [3.63, 3.8) is 0 Å². The number of nitrogens with one attached hydrogen (secondary N) is 2. The lowest BCUT2D eigenvalue weighted by molar-refractivity contribution is -0.384. The fourth-order valence-electron chi connectivity index (χ4n) is 1.31. The average Bonchev–Trinajstić information content (AvgIpc) is 2.28. The number of carbonyl (C=O) groups is 1. The Morgan fingerprint density at radius 3 is 2.69 bits per heavy atom. The Balaban J connectivity index is 3.16. The van der Waals surface area contributed by atoms with Crippen LogP contribution in [0.3, 0.4) is 0 Å². The van der Waals surface area contributed by atoms with Gasteiger partial charge in [0.05, 0.1) is 4.92 Å². The number of amides is 1. The second-order valence-corrected chi connectivity index (χ2v) is 3.10. The van der Waals surface area contributed by atoms with Crippen molar-refractivity contribution >= 4 is 17.3 Å². The predicted molar refractivity (Wildman–Crippen MR) is 60.7 cm³/mol. The van der Waals surface area contributed by atoms with Crippen LogP contribution < -0.4 is 10.6 Å². The number of carbonyl (C=O) groups excluding carboxylic acids is 1. The third-order valence-corrected chi connectivity index (χ3v) is 2.05. The van der Waals surface area contributed by atoms with Gasteiger partial charge in [0.1, 0.15) is 5.69 Å². The van der Waals surface area contributed by atoms with E-state index in [0.717, 1.165) is 0 Å². The number of nitrogens with zero attached hydrogens (tertiary/aromatic N) is 1. The first-order valence-corrected chi connectivity index (χ1v) is 4.84. The Labute approximate surface area is 92.8 Å². The van der Waals surface area contributed by atoms with Crippen LogP contribution in [0, 0.1) is 10.1 Å². The van der Waals surface area contributed by atoms with Crippen molar-refractivity contribution in [3.8, 4) is 0 Å². The average molecular weight is 223 g/mol. The molecule has 16 heavy (non-hydrogen) atoms. The van der Waals surface area contributed by atoms with Gasteiger partial charge in [0, 0.05) is 25.2 Å². The highest BCUT2D eigenvalue weighted by Gasteiger charge is 2.15. The standard InChI is InChI=1S/C10H13N3O3/c1-3-12-8-6-7(10(14)11-2)4-5-9(8)13(15)16/h4-6,12H,3H2,1-2H3,(H,11,14). The van der Waals surface area contributed by atoms with Crippen LogP contribution in [-0.4, -0.2) is 24.4 Å². The zero-order valence-electron chi connectivity index (χ0n) is 9.11. The van der Waals surface area contributed by atoms with Gasteiger partial charge < -0.3 is 10.6 Å². The van der Waals surface area contributed by atoms with Gasteiger partial charge in [-0.2, -0.15) is 0 Å². The molecule has 6 nitrogen and oxygen atoms in total. The minimum absolute atomic E-state index is 0.0329. The van der Waals surface area contributed by atoms with Crippen LogP contribution in [0.15, 0.2) is 18.2 Å². The first-order valence-electron chi connectivity index (χ1n) is 4.84. The molecule has 2 N–H and O–H groups in total. The molecule has 0 aliphatic heterocycles. The molecule has 0 aromatic heterocycles. The first kappa shape index (κ1) is 12.0. The molecule has 0 aliphatic carbocycles. The molecule has 0 fully saturated rings. The van der Waals surface area contributed by atoms with Crippen LogP contribution in [0.25, 0.3) is 0 Å². The second kappa shape index (κ2) is 5.11. The van der Waals surface area contributed by atoms with Crippen LogP contribution in [0.4, 0.5) is 11.4 Å². The molecular weight excluding hydrogens is 210 g/mol. The molecule has 86 valence electrons.